The maximum atomic E-state index is 12.5. The van der Waals surface area contributed by atoms with Gasteiger partial charge in [0.05, 0.1) is 17.1 Å². The van der Waals surface area contributed by atoms with Gasteiger partial charge >= 0.3 is 11.9 Å². The van der Waals surface area contributed by atoms with Gasteiger partial charge in [0.1, 0.15) is 0 Å². The van der Waals surface area contributed by atoms with Crippen molar-refractivity contribution in [3.63, 3.8) is 0 Å². The molecule has 0 amide bonds. The Morgan fingerprint density at radius 2 is 1.81 bits per heavy atom. The van der Waals surface area contributed by atoms with Crippen molar-refractivity contribution in [2.75, 3.05) is 11.3 Å². The van der Waals surface area contributed by atoms with Gasteiger partial charge in [-0.05, 0) is 61.4 Å². The van der Waals surface area contributed by atoms with Crippen LogP contribution in [0.25, 0.3) is 0 Å². The molecule has 3 rings (SSSR count). The molecule has 0 spiro atoms. The molecule has 7 nitrogen and oxygen atoms in total. The number of ether oxygens (including phenoxy) is 2. The second kappa shape index (κ2) is 7.40. The van der Waals surface area contributed by atoms with Crippen molar-refractivity contribution in [1.82, 2.24) is 0 Å². The Hall–Kier alpha value is -2.87. The molecule has 1 saturated heterocycles. The Balaban J connectivity index is 1.70. The topological polar surface area (TPSA) is 98.8 Å². The molecule has 0 unspecified atom stereocenters. The molecule has 1 atom stereocenters. The number of cyclic esters (lactones) is 1. The van der Waals surface area contributed by atoms with Crippen LogP contribution in [0, 0.1) is 13.8 Å². The summed E-state index contributed by atoms with van der Waals surface area (Å²) in [5.74, 6) is -1.22. The molecule has 0 radical (unpaired) electrons. The molecule has 8 heteroatoms. The van der Waals surface area contributed by atoms with Gasteiger partial charge in [-0.25, -0.2) is 18.0 Å². The number of aryl methyl sites for hydroxylation is 2. The van der Waals surface area contributed by atoms with Crippen LogP contribution in [0.5, 0.6) is 0 Å². The third-order valence-corrected chi connectivity index (χ3v) is 5.68. The van der Waals surface area contributed by atoms with E-state index < -0.39 is 28.1 Å². The Bertz CT molecular complexity index is 982. The van der Waals surface area contributed by atoms with Crippen molar-refractivity contribution in [3.05, 3.63) is 59.2 Å². The summed E-state index contributed by atoms with van der Waals surface area (Å²) in [6, 6.07) is 10.7. The van der Waals surface area contributed by atoms with E-state index in [0.717, 1.165) is 11.1 Å². The van der Waals surface area contributed by atoms with Crippen LogP contribution in [0.1, 0.15) is 27.9 Å². The summed E-state index contributed by atoms with van der Waals surface area (Å²) >= 11 is 0. The minimum Gasteiger partial charge on any atom is -0.463 e. The maximum absolute atomic E-state index is 12.5. The van der Waals surface area contributed by atoms with Crippen molar-refractivity contribution in [1.29, 1.82) is 0 Å². The number of esters is 2. The number of hydrogen-bond acceptors (Lipinski definition) is 6. The summed E-state index contributed by atoms with van der Waals surface area (Å²) in [6.45, 7) is 3.98. The van der Waals surface area contributed by atoms with E-state index in [-0.39, 0.29) is 17.1 Å². The molecule has 1 heterocycles. The first kappa shape index (κ1) is 18.9. The fraction of sp³-hybridized carbons (Fsp3) is 0.263. The first-order valence-electron chi connectivity index (χ1n) is 8.34. The molecule has 2 aromatic carbocycles. The van der Waals surface area contributed by atoms with Gasteiger partial charge in [-0.15, -0.1) is 0 Å². The molecule has 0 saturated carbocycles. The number of carbonyl (C=O) groups excluding carboxylic acids is 2. The van der Waals surface area contributed by atoms with Gasteiger partial charge in [0.2, 0.25) is 6.10 Å². The third-order valence-electron chi connectivity index (χ3n) is 4.30. The number of benzene rings is 2. The average Bonchev–Trinajstić information content (AvgIpc) is 3.02. The van der Waals surface area contributed by atoms with Gasteiger partial charge in [-0.1, -0.05) is 6.07 Å². The first-order chi connectivity index (χ1) is 12.8. The minimum atomic E-state index is -3.74. The van der Waals surface area contributed by atoms with Crippen LogP contribution in [0.15, 0.2) is 47.4 Å². The van der Waals surface area contributed by atoms with Crippen molar-refractivity contribution < 1.29 is 27.5 Å². The van der Waals surface area contributed by atoms with Crippen LogP contribution >= 0.6 is 0 Å². The van der Waals surface area contributed by atoms with Gasteiger partial charge in [0.15, 0.2) is 0 Å². The molecule has 1 aliphatic rings. The average molecular weight is 389 g/mol. The highest BCUT2D eigenvalue weighted by Gasteiger charge is 2.30. The van der Waals surface area contributed by atoms with Crippen LogP contribution in [-0.2, 0) is 24.3 Å². The third kappa shape index (κ3) is 4.28. The molecular weight excluding hydrogens is 370 g/mol. The van der Waals surface area contributed by atoms with Crippen LogP contribution in [0.4, 0.5) is 5.69 Å². The molecule has 1 fully saturated rings. The molecule has 1 aliphatic heterocycles. The molecule has 142 valence electrons. The summed E-state index contributed by atoms with van der Waals surface area (Å²) < 4.78 is 37.3. The fourth-order valence-corrected chi connectivity index (χ4v) is 3.69. The summed E-state index contributed by atoms with van der Waals surface area (Å²) in [6.07, 6.45) is -0.557. The summed E-state index contributed by atoms with van der Waals surface area (Å²) in [4.78, 5) is 23.6. The van der Waals surface area contributed by atoms with Gasteiger partial charge < -0.3 is 9.47 Å². The number of anilines is 1. The highest BCUT2D eigenvalue weighted by atomic mass is 32.2. The highest BCUT2D eigenvalue weighted by molar-refractivity contribution is 7.92. The lowest BCUT2D eigenvalue weighted by atomic mass is 10.1. The van der Waals surface area contributed by atoms with Crippen molar-refractivity contribution in [2.45, 2.75) is 31.3 Å². The largest absolute Gasteiger partial charge is 0.463 e. The molecule has 2 aromatic rings. The van der Waals surface area contributed by atoms with E-state index in [1.54, 1.807) is 12.1 Å². The Morgan fingerprint density at radius 3 is 2.41 bits per heavy atom. The Morgan fingerprint density at radius 1 is 1.11 bits per heavy atom. The highest BCUT2D eigenvalue weighted by Crippen LogP contribution is 2.20. The molecular formula is C19H19NO6S. The minimum absolute atomic E-state index is 0.161. The summed E-state index contributed by atoms with van der Waals surface area (Å²) in [5.41, 5.74) is 2.40. The number of nitrogens with one attached hydrogen (secondary N) is 1. The molecule has 1 N–H and O–H groups in total. The predicted octanol–water partition coefficient (Wildman–Crippen LogP) is 2.58. The molecule has 0 bridgehead atoms. The number of sulfonamides is 1. The van der Waals surface area contributed by atoms with Crippen LogP contribution in [0.3, 0.4) is 0 Å². The Kier molecular flexibility index (Phi) is 5.18. The predicted molar refractivity (Wildman–Crippen MR) is 97.9 cm³/mol. The number of hydrogen-bond donors (Lipinski definition) is 1. The second-order valence-electron chi connectivity index (χ2n) is 6.28. The van der Waals surface area contributed by atoms with Gasteiger partial charge in [0.25, 0.3) is 10.0 Å². The van der Waals surface area contributed by atoms with E-state index in [9.17, 15) is 18.0 Å². The Labute approximate surface area is 157 Å². The van der Waals surface area contributed by atoms with Gasteiger partial charge in [0, 0.05) is 12.1 Å². The van der Waals surface area contributed by atoms with Crippen molar-refractivity contribution in [3.8, 4) is 0 Å². The quantitative estimate of drug-likeness (QED) is 0.789. The smallest absolute Gasteiger partial charge is 0.347 e. The van der Waals surface area contributed by atoms with Gasteiger partial charge in [-0.2, -0.15) is 0 Å². The second-order valence-corrected chi connectivity index (χ2v) is 7.96. The summed E-state index contributed by atoms with van der Waals surface area (Å²) in [5, 5.41) is 0. The maximum Gasteiger partial charge on any atom is 0.347 e. The standard InChI is InChI=1S/C19H19NO6S/c1-12-3-8-16(11-13(12)2)27(23,24)20-15-6-4-14(5-7-15)18(21)26-17-9-10-25-19(17)22/h3-8,11,17,20H,9-10H2,1-2H3/t17-/m0/s1. The van der Waals surface area contributed by atoms with E-state index in [4.69, 9.17) is 9.47 Å². The molecule has 0 aliphatic carbocycles. The van der Waals surface area contributed by atoms with E-state index >= 15 is 0 Å². The lowest BCUT2D eigenvalue weighted by molar-refractivity contribution is -0.145. The van der Waals surface area contributed by atoms with E-state index in [0.29, 0.717) is 12.1 Å². The van der Waals surface area contributed by atoms with Crippen LogP contribution in [-0.4, -0.2) is 33.1 Å². The van der Waals surface area contributed by atoms with Crippen molar-refractivity contribution >= 4 is 27.6 Å². The summed E-state index contributed by atoms with van der Waals surface area (Å²) in [7, 11) is -3.74. The lowest BCUT2D eigenvalue weighted by Crippen LogP contribution is -2.22. The van der Waals surface area contributed by atoms with E-state index in [1.165, 1.54) is 30.3 Å². The molecule has 27 heavy (non-hydrogen) atoms. The van der Waals surface area contributed by atoms with Crippen LogP contribution in [0.2, 0.25) is 0 Å². The zero-order valence-electron chi connectivity index (χ0n) is 14.9. The van der Waals surface area contributed by atoms with Crippen LogP contribution < -0.4 is 4.72 Å². The van der Waals surface area contributed by atoms with E-state index in [2.05, 4.69) is 4.72 Å². The number of rotatable bonds is 5. The normalized spacial score (nSPS) is 16.7. The molecule has 0 aromatic heterocycles. The fourth-order valence-electron chi connectivity index (χ4n) is 2.55. The zero-order chi connectivity index (χ0) is 19.6. The monoisotopic (exact) mass is 389 g/mol. The van der Waals surface area contributed by atoms with E-state index in [1.807, 2.05) is 13.8 Å². The van der Waals surface area contributed by atoms with Gasteiger partial charge in [-0.3, -0.25) is 4.72 Å². The SMILES string of the molecule is Cc1ccc(S(=O)(=O)Nc2ccc(C(=O)O[C@H]3CCOC3=O)cc2)cc1C. The lowest BCUT2D eigenvalue weighted by Gasteiger charge is -2.11. The first-order valence-corrected chi connectivity index (χ1v) is 9.82. The number of carbonyl (C=O) groups is 2. The zero-order valence-corrected chi connectivity index (χ0v) is 15.7. The van der Waals surface area contributed by atoms with Crippen molar-refractivity contribution in [2.24, 2.45) is 0 Å².